The van der Waals surface area contributed by atoms with Crippen molar-refractivity contribution < 1.29 is 22.7 Å². The summed E-state index contributed by atoms with van der Waals surface area (Å²) in [7, 11) is 0. The van der Waals surface area contributed by atoms with Gasteiger partial charge in [-0.15, -0.1) is 0 Å². The number of ether oxygens (including phenoxy) is 1. The van der Waals surface area contributed by atoms with Crippen molar-refractivity contribution in [2.24, 2.45) is 11.7 Å². The molecule has 1 amide bonds. The number of halogens is 3. The molecule has 1 unspecified atom stereocenters. The first-order valence-corrected chi connectivity index (χ1v) is 10.8. The van der Waals surface area contributed by atoms with Crippen LogP contribution in [0, 0.1) is 23.4 Å². The molecule has 1 aliphatic rings. The zero-order valence-corrected chi connectivity index (χ0v) is 18.4. The van der Waals surface area contributed by atoms with Gasteiger partial charge < -0.3 is 10.5 Å². The van der Waals surface area contributed by atoms with Crippen LogP contribution in [0.25, 0.3) is 22.4 Å². The van der Waals surface area contributed by atoms with Crippen LogP contribution in [0.5, 0.6) is 0 Å². The van der Waals surface area contributed by atoms with Crippen LogP contribution in [-0.2, 0) is 10.3 Å². The summed E-state index contributed by atoms with van der Waals surface area (Å²) in [6, 6.07) is 6.47. The van der Waals surface area contributed by atoms with Crippen LogP contribution < -0.4 is 5.73 Å². The molecule has 5 nitrogen and oxygen atoms in total. The first-order valence-electron chi connectivity index (χ1n) is 10.8. The molecule has 1 saturated heterocycles. The minimum absolute atomic E-state index is 0.0200. The number of amides is 1. The van der Waals surface area contributed by atoms with Crippen LogP contribution in [-0.4, -0.2) is 22.5 Å². The van der Waals surface area contributed by atoms with Gasteiger partial charge in [-0.25, -0.2) is 18.2 Å². The number of hydrogen-bond donors (Lipinski definition) is 1. The van der Waals surface area contributed by atoms with Crippen LogP contribution in [0.1, 0.15) is 49.2 Å². The third kappa shape index (κ3) is 3.88. The zero-order valence-electron chi connectivity index (χ0n) is 18.4. The Balaban J connectivity index is 2.18. The molecule has 0 spiro atoms. The summed E-state index contributed by atoms with van der Waals surface area (Å²) in [5.41, 5.74) is 3.49. The van der Waals surface area contributed by atoms with Gasteiger partial charge in [0.15, 0.2) is 5.82 Å². The van der Waals surface area contributed by atoms with E-state index in [1.807, 2.05) is 13.8 Å². The lowest BCUT2D eigenvalue weighted by Crippen LogP contribution is -2.41. The number of carbonyl (C=O) groups excluding carboxylic acids is 1. The third-order valence-corrected chi connectivity index (χ3v) is 6.18. The Kier molecular flexibility index (Phi) is 6.21. The molecule has 2 aromatic heterocycles. The fourth-order valence-electron chi connectivity index (χ4n) is 4.58. The molecule has 172 valence electrons. The lowest BCUT2D eigenvalue weighted by Gasteiger charge is -2.43. The predicted octanol–water partition coefficient (Wildman–Crippen LogP) is 5.38. The molecule has 2 N–H and O–H groups in total. The SMILES string of the molecule is CC(C)C1(c2c(F)c(-c3c(F)cccc3F)nc(C(N)=O)c2-c2cccnc2)CCCCO1. The summed E-state index contributed by atoms with van der Waals surface area (Å²) in [5.74, 6) is -4.13. The zero-order chi connectivity index (χ0) is 23.8. The molecule has 1 atom stereocenters. The molecule has 0 aliphatic carbocycles. The summed E-state index contributed by atoms with van der Waals surface area (Å²) in [6.07, 6.45) is 5.00. The Morgan fingerprint density at radius 1 is 1.09 bits per heavy atom. The summed E-state index contributed by atoms with van der Waals surface area (Å²) in [4.78, 5) is 20.7. The van der Waals surface area contributed by atoms with Crippen LogP contribution in [0.15, 0.2) is 42.7 Å². The van der Waals surface area contributed by atoms with Crippen molar-refractivity contribution in [1.29, 1.82) is 0 Å². The number of nitrogens with two attached hydrogens (primary N) is 1. The number of nitrogens with zero attached hydrogens (tertiary/aromatic N) is 2. The summed E-state index contributed by atoms with van der Waals surface area (Å²) in [5, 5.41) is 0. The van der Waals surface area contributed by atoms with Crippen LogP contribution >= 0.6 is 0 Å². The second-order valence-electron chi connectivity index (χ2n) is 8.43. The molecule has 3 aromatic rings. The highest BCUT2D eigenvalue weighted by atomic mass is 19.1. The van der Waals surface area contributed by atoms with Crippen molar-refractivity contribution in [3.8, 4) is 22.4 Å². The summed E-state index contributed by atoms with van der Waals surface area (Å²) < 4.78 is 52.1. The smallest absolute Gasteiger partial charge is 0.267 e. The van der Waals surface area contributed by atoms with Crippen molar-refractivity contribution in [2.75, 3.05) is 6.61 Å². The van der Waals surface area contributed by atoms with Crippen LogP contribution in [0.3, 0.4) is 0 Å². The molecule has 3 heterocycles. The number of benzene rings is 1. The van der Waals surface area contributed by atoms with E-state index in [9.17, 15) is 13.6 Å². The van der Waals surface area contributed by atoms with Crippen molar-refractivity contribution >= 4 is 5.91 Å². The van der Waals surface area contributed by atoms with Gasteiger partial charge in [-0.3, -0.25) is 9.78 Å². The van der Waals surface area contributed by atoms with E-state index in [0.29, 0.717) is 18.6 Å². The van der Waals surface area contributed by atoms with E-state index in [4.69, 9.17) is 10.5 Å². The standard InChI is InChI=1S/C25H24F3N3O2/c1-14(2)25(10-3-4-12-33-25)20-18(15-7-6-11-30-13-15)23(24(29)32)31-22(21(20)28)19-16(26)8-5-9-17(19)27/h5-9,11,13-14H,3-4,10,12H2,1-2H3,(H2,29,32). The maximum atomic E-state index is 16.4. The second kappa shape index (κ2) is 8.94. The Morgan fingerprint density at radius 2 is 1.82 bits per heavy atom. The fraction of sp³-hybridized carbons (Fsp3) is 0.320. The molecular weight excluding hydrogens is 431 g/mol. The number of aromatic nitrogens is 2. The number of hydrogen-bond acceptors (Lipinski definition) is 4. The molecule has 33 heavy (non-hydrogen) atoms. The average Bonchev–Trinajstić information content (AvgIpc) is 2.80. The van der Waals surface area contributed by atoms with Crippen molar-refractivity contribution in [1.82, 2.24) is 9.97 Å². The van der Waals surface area contributed by atoms with E-state index in [1.54, 1.807) is 12.1 Å². The minimum Gasteiger partial charge on any atom is -0.370 e. The molecular formula is C25H24F3N3O2. The maximum absolute atomic E-state index is 16.4. The van der Waals surface area contributed by atoms with E-state index in [2.05, 4.69) is 9.97 Å². The highest BCUT2D eigenvalue weighted by molar-refractivity contribution is 6.00. The van der Waals surface area contributed by atoms with E-state index >= 15 is 4.39 Å². The molecule has 4 rings (SSSR count). The van der Waals surface area contributed by atoms with E-state index in [0.717, 1.165) is 25.0 Å². The Bertz CT molecular complexity index is 1170. The van der Waals surface area contributed by atoms with Crippen molar-refractivity contribution in [3.05, 3.63) is 71.4 Å². The van der Waals surface area contributed by atoms with Crippen LogP contribution in [0.2, 0.25) is 0 Å². The fourth-order valence-corrected chi connectivity index (χ4v) is 4.58. The van der Waals surface area contributed by atoms with Gasteiger partial charge >= 0.3 is 0 Å². The number of rotatable bonds is 5. The van der Waals surface area contributed by atoms with Gasteiger partial charge in [-0.1, -0.05) is 26.0 Å². The van der Waals surface area contributed by atoms with Crippen LogP contribution in [0.4, 0.5) is 13.2 Å². The second-order valence-corrected chi connectivity index (χ2v) is 8.43. The largest absolute Gasteiger partial charge is 0.370 e. The number of pyridine rings is 2. The lowest BCUT2D eigenvalue weighted by molar-refractivity contribution is -0.116. The molecule has 0 saturated carbocycles. The van der Waals surface area contributed by atoms with Gasteiger partial charge in [0.1, 0.15) is 23.0 Å². The van der Waals surface area contributed by atoms with Gasteiger partial charge in [-0.05, 0) is 43.4 Å². The van der Waals surface area contributed by atoms with Crippen molar-refractivity contribution in [3.63, 3.8) is 0 Å². The van der Waals surface area contributed by atoms with Gasteiger partial charge in [0, 0.05) is 35.7 Å². The molecule has 1 fully saturated rings. The monoisotopic (exact) mass is 455 g/mol. The Labute approximate surface area is 189 Å². The van der Waals surface area contributed by atoms with Gasteiger partial charge in [0.05, 0.1) is 11.2 Å². The van der Waals surface area contributed by atoms with Gasteiger partial charge in [-0.2, -0.15) is 0 Å². The summed E-state index contributed by atoms with van der Waals surface area (Å²) >= 11 is 0. The van der Waals surface area contributed by atoms with Gasteiger partial charge in [0.25, 0.3) is 5.91 Å². The predicted molar refractivity (Wildman–Crippen MR) is 118 cm³/mol. The Hall–Kier alpha value is -3.26. The molecule has 8 heteroatoms. The van der Waals surface area contributed by atoms with E-state index < -0.39 is 40.2 Å². The highest BCUT2D eigenvalue weighted by Crippen LogP contribution is 2.49. The van der Waals surface area contributed by atoms with E-state index in [-0.39, 0.29) is 22.7 Å². The quantitative estimate of drug-likeness (QED) is 0.560. The summed E-state index contributed by atoms with van der Waals surface area (Å²) in [6.45, 7) is 4.14. The maximum Gasteiger partial charge on any atom is 0.267 e. The first-order chi connectivity index (χ1) is 15.8. The lowest BCUT2D eigenvalue weighted by atomic mass is 9.74. The third-order valence-electron chi connectivity index (χ3n) is 6.18. The van der Waals surface area contributed by atoms with Crippen molar-refractivity contribution in [2.45, 2.75) is 38.7 Å². The molecule has 0 radical (unpaired) electrons. The molecule has 0 bridgehead atoms. The van der Waals surface area contributed by atoms with E-state index in [1.165, 1.54) is 18.5 Å². The average molecular weight is 455 g/mol. The molecule has 1 aromatic carbocycles. The first kappa shape index (κ1) is 22.9. The number of carbonyl (C=O) groups is 1. The highest BCUT2D eigenvalue weighted by Gasteiger charge is 2.45. The van der Waals surface area contributed by atoms with Gasteiger partial charge in [0.2, 0.25) is 0 Å². The Morgan fingerprint density at radius 3 is 2.36 bits per heavy atom. The number of primary amides is 1. The molecule has 1 aliphatic heterocycles. The minimum atomic E-state index is -1.16. The topological polar surface area (TPSA) is 78.1 Å². The normalized spacial score (nSPS) is 18.5.